The molecule has 2 aliphatic rings. The predicted molar refractivity (Wildman–Crippen MR) is 113 cm³/mol. The number of fused-ring (bicyclic) bond motifs is 2. The van der Waals surface area contributed by atoms with E-state index < -0.39 is 12.7 Å². The van der Waals surface area contributed by atoms with E-state index in [0.717, 1.165) is 29.5 Å². The molecule has 0 amide bonds. The van der Waals surface area contributed by atoms with Gasteiger partial charge in [-0.25, -0.2) is 0 Å². The number of rotatable bonds is 4. The van der Waals surface area contributed by atoms with Crippen molar-refractivity contribution in [3.05, 3.63) is 70.8 Å². The number of H-pyrrole nitrogens is 1. The predicted octanol–water partition coefficient (Wildman–Crippen LogP) is 5.40. The summed E-state index contributed by atoms with van der Waals surface area (Å²) < 4.78 is 45.2. The van der Waals surface area contributed by atoms with Crippen LogP contribution in [0, 0.1) is 0 Å². The van der Waals surface area contributed by atoms with E-state index in [1.54, 1.807) is 18.2 Å². The Bertz CT molecular complexity index is 1140. The fourth-order valence-electron chi connectivity index (χ4n) is 4.97. The second-order valence-corrected chi connectivity index (χ2v) is 8.40. The zero-order valence-corrected chi connectivity index (χ0v) is 17.2. The molecular weight excluding hydrogens is 421 g/mol. The summed E-state index contributed by atoms with van der Waals surface area (Å²) in [6, 6.07) is 14.5. The largest absolute Gasteiger partial charge is 0.495 e. The number of halogens is 3. The molecule has 0 spiro atoms. The fraction of sp³-hybridized carbons (Fsp3) is 0.333. The van der Waals surface area contributed by atoms with Crippen LogP contribution in [0.1, 0.15) is 47.1 Å². The number of aromatic hydroxyl groups is 2. The highest BCUT2D eigenvalue weighted by Gasteiger charge is 2.35. The SMILES string of the molecule is Oc1cc(C2CCc3cc(OC4CCN(CC(F)(F)F)c5ccccc54)ccc32)c(O)[nH]1. The average Bonchev–Trinajstić information content (AvgIpc) is 3.30. The Balaban J connectivity index is 1.37. The van der Waals surface area contributed by atoms with E-state index >= 15 is 0 Å². The van der Waals surface area contributed by atoms with Gasteiger partial charge in [-0.1, -0.05) is 24.3 Å². The molecule has 0 fully saturated rings. The zero-order valence-electron chi connectivity index (χ0n) is 17.2. The summed E-state index contributed by atoms with van der Waals surface area (Å²) >= 11 is 0. The number of hydrogen-bond donors (Lipinski definition) is 3. The molecule has 0 radical (unpaired) electrons. The van der Waals surface area contributed by atoms with Crippen molar-refractivity contribution in [2.45, 2.75) is 37.5 Å². The van der Waals surface area contributed by atoms with Crippen LogP contribution in [0.3, 0.4) is 0 Å². The molecule has 1 aliphatic carbocycles. The van der Waals surface area contributed by atoms with Crippen LogP contribution in [-0.4, -0.2) is 34.5 Å². The Kier molecular flexibility index (Phi) is 4.95. The summed E-state index contributed by atoms with van der Waals surface area (Å²) in [4.78, 5) is 3.88. The molecule has 5 nitrogen and oxygen atoms in total. The van der Waals surface area contributed by atoms with Crippen LogP contribution in [-0.2, 0) is 6.42 Å². The molecule has 0 bridgehead atoms. The number of alkyl halides is 3. The molecule has 2 heterocycles. The summed E-state index contributed by atoms with van der Waals surface area (Å²) in [5.74, 6) is 0.571. The van der Waals surface area contributed by atoms with Gasteiger partial charge in [0.2, 0.25) is 0 Å². The molecular formula is C24H23F3N2O3. The molecule has 3 N–H and O–H groups in total. The molecule has 2 aromatic carbocycles. The Labute approximate surface area is 183 Å². The summed E-state index contributed by atoms with van der Waals surface area (Å²) in [7, 11) is 0. The maximum absolute atomic E-state index is 13.0. The third-order valence-corrected chi connectivity index (χ3v) is 6.31. The summed E-state index contributed by atoms with van der Waals surface area (Å²) in [6.45, 7) is -0.705. The number of para-hydroxylation sites is 1. The molecule has 168 valence electrons. The zero-order chi connectivity index (χ0) is 22.5. The quantitative estimate of drug-likeness (QED) is 0.504. The molecule has 5 rings (SSSR count). The first kappa shape index (κ1) is 20.6. The van der Waals surface area contributed by atoms with Crippen LogP contribution in [0.2, 0.25) is 0 Å². The third kappa shape index (κ3) is 3.85. The van der Waals surface area contributed by atoms with Gasteiger partial charge >= 0.3 is 6.18 Å². The van der Waals surface area contributed by atoms with E-state index in [4.69, 9.17) is 4.74 Å². The molecule has 3 aromatic rings. The first-order chi connectivity index (χ1) is 15.3. The van der Waals surface area contributed by atoms with Crippen molar-refractivity contribution in [2.24, 2.45) is 0 Å². The second kappa shape index (κ2) is 7.69. The van der Waals surface area contributed by atoms with Crippen molar-refractivity contribution in [2.75, 3.05) is 18.0 Å². The number of ether oxygens (including phenoxy) is 1. The van der Waals surface area contributed by atoms with Crippen LogP contribution in [0.5, 0.6) is 17.5 Å². The normalized spacial score (nSPS) is 20.2. The minimum atomic E-state index is -4.26. The highest BCUT2D eigenvalue weighted by molar-refractivity contribution is 5.57. The number of aryl methyl sites for hydroxylation is 1. The van der Waals surface area contributed by atoms with E-state index in [-0.39, 0.29) is 30.3 Å². The minimum Gasteiger partial charge on any atom is -0.495 e. The number of nitrogens with zero attached hydrogens (tertiary/aromatic N) is 1. The van der Waals surface area contributed by atoms with Crippen LogP contribution in [0.25, 0.3) is 0 Å². The van der Waals surface area contributed by atoms with Crippen molar-refractivity contribution >= 4 is 5.69 Å². The standard InChI is InChI=1S/C24H23F3N2O3/c25-24(26,27)13-29-10-9-21(18-3-1-2-4-20(18)29)32-15-6-8-16-14(11-15)5-7-17(16)19-12-22(30)28-23(19)31/h1-4,6,8,11-12,17,21,28,30-31H,5,7,9-10,13H2. The lowest BCUT2D eigenvalue weighted by Crippen LogP contribution is -2.39. The lowest BCUT2D eigenvalue weighted by molar-refractivity contribution is -0.120. The second-order valence-electron chi connectivity index (χ2n) is 8.40. The van der Waals surface area contributed by atoms with E-state index in [1.807, 2.05) is 30.3 Å². The van der Waals surface area contributed by atoms with Gasteiger partial charge in [-0.15, -0.1) is 0 Å². The monoisotopic (exact) mass is 444 g/mol. The first-order valence-corrected chi connectivity index (χ1v) is 10.6. The highest BCUT2D eigenvalue weighted by atomic mass is 19.4. The van der Waals surface area contributed by atoms with Gasteiger partial charge < -0.3 is 19.8 Å². The molecule has 2 atom stereocenters. The number of aromatic amines is 1. The van der Waals surface area contributed by atoms with Crippen LogP contribution in [0.15, 0.2) is 48.5 Å². The maximum atomic E-state index is 13.0. The molecule has 2 unspecified atom stereocenters. The Morgan fingerprint density at radius 3 is 2.56 bits per heavy atom. The van der Waals surface area contributed by atoms with Crippen molar-refractivity contribution in [3.8, 4) is 17.5 Å². The molecule has 1 aliphatic heterocycles. The maximum Gasteiger partial charge on any atom is 0.405 e. The Morgan fingerprint density at radius 1 is 1.00 bits per heavy atom. The fourth-order valence-corrected chi connectivity index (χ4v) is 4.97. The topological polar surface area (TPSA) is 68.7 Å². The number of anilines is 1. The summed E-state index contributed by atoms with van der Waals surface area (Å²) in [5.41, 5.74) is 4.17. The minimum absolute atomic E-state index is 0.0115. The number of aromatic nitrogens is 1. The van der Waals surface area contributed by atoms with Gasteiger partial charge in [0.15, 0.2) is 11.8 Å². The first-order valence-electron chi connectivity index (χ1n) is 10.6. The Morgan fingerprint density at radius 2 is 1.81 bits per heavy atom. The van der Waals surface area contributed by atoms with Crippen molar-refractivity contribution < 1.29 is 28.1 Å². The lowest BCUT2D eigenvalue weighted by Gasteiger charge is -2.36. The number of benzene rings is 2. The van der Waals surface area contributed by atoms with E-state index in [2.05, 4.69) is 4.98 Å². The van der Waals surface area contributed by atoms with Gasteiger partial charge in [0.25, 0.3) is 0 Å². The van der Waals surface area contributed by atoms with Gasteiger partial charge in [0.05, 0.1) is 0 Å². The van der Waals surface area contributed by atoms with Gasteiger partial charge in [-0.2, -0.15) is 13.2 Å². The summed E-state index contributed by atoms with van der Waals surface area (Å²) in [6.07, 6.45) is -2.51. The molecule has 0 saturated carbocycles. The lowest BCUT2D eigenvalue weighted by atomic mass is 9.94. The number of hydrogen-bond acceptors (Lipinski definition) is 4. The van der Waals surface area contributed by atoms with Crippen LogP contribution < -0.4 is 9.64 Å². The van der Waals surface area contributed by atoms with Crippen LogP contribution >= 0.6 is 0 Å². The number of nitrogens with one attached hydrogen (secondary N) is 1. The van der Waals surface area contributed by atoms with Gasteiger partial charge in [-0.3, -0.25) is 4.98 Å². The van der Waals surface area contributed by atoms with E-state index in [9.17, 15) is 23.4 Å². The third-order valence-electron chi connectivity index (χ3n) is 6.31. The Hall–Kier alpha value is -3.29. The van der Waals surface area contributed by atoms with Crippen molar-refractivity contribution in [3.63, 3.8) is 0 Å². The smallest absolute Gasteiger partial charge is 0.405 e. The van der Waals surface area contributed by atoms with Crippen molar-refractivity contribution in [1.82, 2.24) is 4.98 Å². The van der Waals surface area contributed by atoms with E-state index in [0.29, 0.717) is 23.4 Å². The van der Waals surface area contributed by atoms with Gasteiger partial charge in [-0.05, 0) is 42.2 Å². The average molecular weight is 444 g/mol. The van der Waals surface area contributed by atoms with Gasteiger partial charge in [0.1, 0.15) is 18.4 Å². The van der Waals surface area contributed by atoms with Crippen LogP contribution in [0.4, 0.5) is 18.9 Å². The van der Waals surface area contributed by atoms with E-state index in [1.165, 1.54) is 4.90 Å². The molecule has 1 aromatic heterocycles. The van der Waals surface area contributed by atoms with Gasteiger partial charge in [0, 0.05) is 41.8 Å². The molecule has 8 heteroatoms. The molecule has 0 saturated heterocycles. The summed E-state index contributed by atoms with van der Waals surface area (Å²) in [5, 5.41) is 19.7. The highest BCUT2D eigenvalue weighted by Crippen LogP contribution is 2.44. The molecule has 32 heavy (non-hydrogen) atoms. The van der Waals surface area contributed by atoms with Crippen molar-refractivity contribution in [1.29, 1.82) is 0 Å².